The minimum absolute atomic E-state index is 0.274. The lowest BCUT2D eigenvalue weighted by atomic mass is 10.7. The highest BCUT2D eigenvalue weighted by Crippen LogP contribution is 1.99. The van der Waals surface area contributed by atoms with Crippen LogP contribution in [0.15, 0.2) is 11.7 Å². The fraction of sp³-hybridized carbons (Fsp3) is 0.333. The lowest BCUT2D eigenvalue weighted by Crippen LogP contribution is -2.19. The summed E-state index contributed by atoms with van der Waals surface area (Å²) in [5, 5.41) is 0. The van der Waals surface area contributed by atoms with E-state index in [1.165, 1.54) is 7.11 Å². The van der Waals surface area contributed by atoms with Crippen LogP contribution in [-0.4, -0.2) is 11.3 Å². The SMILES string of the molecule is COC1=C(N)NS(=O)N1. The molecule has 9 heavy (non-hydrogen) atoms. The van der Waals surface area contributed by atoms with Gasteiger partial charge in [0.25, 0.3) is 0 Å². The Labute approximate surface area is 55.0 Å². The Morgan fingerprint density at radius 3 is 2.56 bits per heavy atom. The Kier molecular flexibility index (Phi) is 1.48. The number of rotatable bonds is 1. The summed E-state index contributed by atoms with van der Waals surface area (Å²) in [6.45, 7) is 0. The predicted molar refractivity (Wildman–Crippen MR) is 32.6 cm³/mol. The summed E-state index contributed by atoms with van der Waals surface area (Å²) in [5.41, 5.74) is 5.27. The Bertz CT molecular complexity index is 178. The summed E-state index contributed by atoms with van der Waals surface area (Å²) in [7, 11) is 1.44. The summed E-state index contributed by atoms with van der Waals surface area (Å²) in [5.74, 6) is 0.601. The van der Waals surface area contributed by atoms with Crippen molar-refractivity contribution >= 4 is 11.2 Å². The van der Waals surface area contributed by atoms with Crippen molar-refractivity contribution in [3.05, 3.63) is 11.7 Å². The van der Waals surface area contributed by atoms with E-state index in [-0.39, 0.29) is 5.82 Å². The minimum Gasteiger partial charge on any atom is -0.479 e. The van der Waals surface area contributed by atoms with Gasteiger partial charge in [0.1, 0.15) is 0 Å². The van der Waals surface area contributed by atoms with Crippen LogP contribution in [0.3, 0.4) is 0 Å². The topological polar surface area (TPSA) is 76.4 Å². The molecule has 0 spiro atoms. The second-order valence-electron chi connectivity index (χ2n) is 1.42. The molecular formula is C3H7N3O2S. The maximum atomic E-state index is 10.5. The van der Waals surface area contributed by atoms with Gasteiger partial charge in [0.05, 0.1) is 7.11 Å². The van der Waals surface area contributed by atoms with Crippen LogP contribution in [0.2, 0.25) is 0 Å². The fourth-order valence-electron chi connectivity index (χ4n) is 0.463. The van der Waals surface area contributed by atoms with Gasteiger partial charge in [0, 0.05) is 0 Å². The standard InChI is InChI=1S/C3H7N3O2S/c1-8-3-2(4)5-9(7)6-3/h5-6H,4H2,1H3. The molecule has 0 aromatic heterocycles. The van der Waals surface area contributed by atoms with Gasteiger partial charge in [-0.1, -0.05) is 0 Å². The molecular weight excluding hydrogens is 142 g/mol. The van der Waals surface area contributed by atoms with Gasteiger partial charge >= 0.3 is 0 Å². The predicted octanol–water partition coefficient (Wildman–Crippen LogP) is -1.51. The number of nitrogens with two attached hydrogens (primary N) is 1. The van der Waals surface area contributed by atoms with Crippen molar-refractivity contribution in [2.45, 2.75) is 0 Å². The molecule has 0 bridgehead atoms. The number of hydrogen-bond donors (Lipinski definition) is 3. The van der Waals surface area contributed by atoms with Crippen LogP contribution in [0.4, 0.5) is 0 Å². The van der Waals surface area contributed by atoms with Crippen molar-refractivity contribution in [2.75, 3.05) is 7.11 Å². The first-order valence-electron chi connectivity index (χ1n) is 2.23. The quantitative estimate of drug-likeness (QED) is 0.424. The molecule has 1 heterocycles. The summed E-state index contributed by atoms with van der Waals surface area (Å²) in [6, 6.07) is 0. The van der Waals surface area contributed by atoms with Gasteiger partial charge < -0.3 is 10.5 Å². The molecule has 0 saturated heterocycles. The van der Waals surface area contributed by atoms with Crippen molar-refractivity contribution in [1.29, 1.82) is 0 Å². The van der Waals surface area contributed by atoms with E-state index in [0.717, 1.165) is 0 Å². The first kappa shape index (κ1) is 6.21. The maximum Gasteiger partial charge on any atom is 0.242 e. The fourth-order valence-corrected chi connectivity index (χ4v) is 1.17. The summed E-state index contributed by atoms with van der Waals surface area (Å²) in [6.07, 6.45) is 0. The number of ether oxygens (including phenoxy) is 1. The van der Waals surface area contributed by atoms with E-state index in [4.69, 9.17) is 5.73 Å². The van der Waals surface area contributed by atoms with Gasteiger partial charge in [-0.25, -0.2) is 4.21 Å². The largest absolute Gasteiger partial charge is 0.479 e. The third-order valence-corrected chi connectivity index (χ3v) is 1.61. The van der Waals surface area contributed by atoms with Crippen LogP contribution in [0.5, 0.6) is 0 Å². The summed E-state index contributed by atoms with van der Waals surface area (Å²) in [4.78, 5) is 0. The lowest BCUT2D eigenvalue weighted by molar-refractivity contribution is 0.275. The van der Waals surface area contributed by atoms with Crippen molar-refractivity contribution in [3.63, 3.8) is 0 Å². The third-order valence-electron chi connectivity index (χ3n) is 0.837. The summed E-state index contributed by atoms with van der Waals surface area (Å²) >= 11 is -1.31. The van der Waals surface area contributed by atoms with Crippen LogP contribution >= 0.6 is 0 Å². The zero-order chi connectivity index (χ0) is 6.85. The van der Waals surface area contributed by atoms with Crippen molar-refractivity contribution in [3.8, 4) is 0 Å². The molecule has 52 valence electrons. The Balaban J connectivity index is 2.69. The van der Waals surface area contributed by atoms with E-state index < -0.39 is 11.2 Å². The lowest BCUT2D eigenvalue weighted by Gasteiger charge is -1.96. The summed E-state index contributed by atoms with van der Waals surface area (Å²) < 4.78 is 20.0. The van der Waals surface area contributed by atoms with Gasteiger partial charge in [-0.2, -0.15) is 0 Å². The van der Waals surface area contributed by atoms with Gasteiger partial charge in [0.2, 0.25) is 17.1 Å². The Morgan fingerprint density at radius 2 is 2.33 bits per heavy atom. The molecule has 4 N–H and O–H groups in total. The zero-order valence-electron chi connectivity index (χ0n) is 4.80. The molecule has 5 nitrogen and oxygen atoms in total. The van der Waals surface area contributed by atoms with E-state index in [9.17, 15) is 4.21 Å². The molecule has 1 unspecified atom stereocenters. The molecule has 0 aliphatic carbocycles. The van der Waals surface area contributed by atoms with Gasteiger partial charge in [-0.05, 0) is 0 Å². The number of hydrogen-bond acceptors (Lipinski definition) is 3. The molecule has 1 aliphatic rings. The highest BCUT2D eigenvalue weighted by molar-refractivity contribution is 7.81. The van der Waals surface area contributed by atoms with Crippen LogP contribution < -0.4 is 15.2 Å². The average molecular weight is 149 g/mol. The molecule has 0 fully saturated rings. The van der Waals surface area contributed by atoms with Crippen molar-refractivity contribution < 1.29 is 8.95 Å². The van der Waals surface area contributed by atoms with Crippen LogP contribution in [0.25, 0.3) is 0 Å². The van der Waals surface area contributed by atoms with Gasteiger partial charge in [0.15, 0.2) is 5.82 Å². The smallest absolute Gasteiger partial charge is 0.242 e. The van der Waals surface area contributed by atoms with Crippen molar-refractivity contribution in [2.24, 2.45) is 5.73 Å². The Morgan fingerprint density at radius 1 is 1.67 bits per heavy atom. The van der Waals surface area contributed by atoms with E-state index >= 15 is 0 Å². The number of methoxy groups -OCH3 is 1. The molecule has 1 rings (SSSR count). The first-order chi connectivity index (χ1) is 4.24. The molecule has 0 amide bonds. The van der Waals surface area contributed by atoms with Crippen LogP contribution in [0, 0.1) is 0 Å². The Hall–Kier alpha value is -0.910. The third kappa shape index (κ3) is 1.07. The average Bonchev–Trinajstić information content (AvgIpc) is 2.10. The molecule has 1 aliphatic heterocycles. The van der Waals surface area contributed by atoms with Crippen molar-refractivity contribution in [1.82, 2.24) is 9.44 Å². The molecule has 0 radical (unpaired) electrons. The van der Waals surface area contributed by atoms with E-state index in [1.54, 1.807) is 0 Å². The molecule has 0 aromatic rings. The first-order valence-corrected chi connectivity index (χ1v) is 3.38. The van der Waals surface area contributed by atoms with E-state index in [1.807, 2.05) is 0 Å². The highest BCUT2D eigenvalue weighted by Gasteiger charge is 2.15. The minimum atomic E-state index is -1.31. The zero-order valence-corrected chi connectivity index (χ0v) is 5.62. The molecule has 0 saturated carbocycles. The molecule has 1 atom stereocenters. The van der Waals surface area contributed by atoms with E-state index in [2.05, 4.69) is 14.2 Å². The van der Waals surface area contributed by atoms with Gasteiger partial charge in [-0.15, -0.1) is 0 Å². The second-order valence-corrected chi connectivity index (χ2v) is 2.37. The molecule has 0 aromatic carbocycles. The maximum absolute atomic E-state index is 10.5. The highest BCUT2D eigenvalue weighted by atomic mass is 32.2. The molecule has 6 heteroatoms. The normalized spacial score (nSPS) is 25.2. The van der Waals surface area contributed by atoms with Gasteiger partial charge in [-0.3, -0.25) is 9.44 Å². The van der Waals surface area contributed by atoms with Crippen LogP contribution in [0.1, 0.15) is 0 Å². The number of nitrogens with one attached hydrogen (secondary N) is 2. The van der Waals surface area contributed by atoms with E-state index in [0.29, 0.717) is 5.88 Å². The second kappa shape index (κ2) is 2.14. The monoisotopic (exact) mass is 149 g/mol. The van der Waals surface area contributed by atoms with Crippen LogP contribution in [-0.2, 0) is 15.9 Å².